The minimum atomic E-state index is 0.744. The van der Waals surface area contributed by atoms with Crippen molar-refractivity contribution in [1.82, 2.24) is 4.98 Å². The highest BCUT2D eigenvalue weighted by atomic mass is 35.5. The Balaban J connectivity index is 1.82. The fourth-order valence-corrected chi connectivity index (χ4v) is 2.90. The van der Waals surface area contributed by atoms with Crippen LogP contribution < -0.4 is 0 Å². The van der Waals surface area contributed by atoms with Gasteiger partial charge in [0.15, 0.2) is 0 Å². The van der Waals surface area contributed by atoms with E-state index in [2.05, 4.69) is 47.6 Å². The molecule has 0 aliphatic rings. The maximum absolute atomic E-state index is 5.91. The first-order valence-corrected chi connectivity index (χ1v) is 7.93. The highest BCUT2D eigenvalue weighted by Gasteiger charge is 2.02. The number of hydrogen-bond donors (Lipinski definition) is 0. The molecule has 0 saturated carbocycles. The summed E-state index contributed by atoms with van der Waals surface area (Å²) in [5.74, 6) is 0. The molecule has 104 valence electrons. The molecule has 0 aliphatic heterocycles. The molecular weight excluding hydrogens is 298 g/mol. The van der Waals surface area contributed by atoms with Gasteiger partial charge in [-0.3, -0.25) is 0 Å². The summed E-state index contributed by atoms with van der Waals surface area (Å²) in [5.41, 5.74) is 4.57. The normalized spacial score (nSPS) is 11.1. The smallest absolute Gasteiger partial charge is 0.116 e. The number of halogens is 1. The molecule has 0 aliphatic carbocycles. The number of thiazole rings is 1. The van der Waals surface area contributed by atoms with Crippen LogP contribution >= 0.6 is 22.9 Å². The molecule has 0 amide bonds. The second-order valence-corrected chi connectivity index (χ2v) is 6.09. The van der Waals surface area contributed by atoms with E-state index in [0.29, 0.717) is 0 Å². The lowest BCUT2D eigenvalue weighted by molar-refractivity contribution is 1.38. The molecule has 3 rings (SSSR count). The first-order chi connectivity index (χ1) is 10.2. The summed E-state index contributed by atoms with van der Waals surface area (Å²) >= 11 is 7.55. The summed E-state index contributed by atoms with van der Waals surface area (Å²) in [6.45, 7) is 2.11. The summed E-state index contributed by atoms with van der Waals surface area (Å²) in [4.78, 5) is 4.64. The van der Waals surface area contributed by atoms with E-state index in [1.165, 1.54) is 11.1 Å². The van der Waals surface area contributed by atoms with E-state index in [-0.39, 0.29) is 0 Å². The van der Waals surface area contributed by atoms with Gasteiger partial charge in [0.05, 0.1) is 5.69 Å². The molecule has 2 aromatic carbocycles. The largest absolute Gasteiger partial charge is 0.237 e. The fourth-order valence-electron chi connectivity index (χ4n) is 2.05. The van der Waals surface area contributed by atoms with E-state index in [9.17, 15) is 0 Å². The molecular formula is C18H14ClNS. The van der Waals surface area contributed by atoms with Gasteiger partial charge in [-0.05, 0) is 36.3 Å². The van der Waals surface area contributed by atoms with Crippen LogP contribution in [0.5, 0.6) is 0 Å². The van der Waals surface area contributed by atoms with Gasteiger partial charge in [0.25, 0.3) is 0 Å². The molecule has 0 bridgehead atoms. The number of aryl methyl sites for hydroxylation is 1. The van der Waals surface area contributed by atoms with Crippen LogP contribution in [0.4, 0.5) is 0 Å². The average Bonchev–Trinajstić information content (AvgIpc) is 2.96. The Labute approximate surface area is 133 Å². The van der Waals surface area contributed by atoms with Gasteiger partial charge in [0, 0.05) is 16.0 Å². The van der Waals surface area contributed by atoms with E-state index < -0.39 is 0 Å². The zero-order valence-electron chi connectivity index (χ0n) is 11.6. The molecule has 0 unspecified atom stereocenters. The highest BCUT2D eigenvalue weighted by molar-refractivity contribution is 7.10. The highest BCUT2D eigenvalue weighted by Crippen LogP contribution is 2.24. The number of benzene rings is 2. The van der Waals surface area contributed by atoms with E-state index in [1.54, 1.807) is 11.3 Å². The molecule has 1 nitrogen and oxygen atoms in total. The molecule has 0 atom stereocenters. The van der Waals surface area contributed by atoms with Crippen molar-refractivity contribution in [1.29, 1.82) is 0 Å². The lowest BCUT2D eigenvalue weighted by Gasteiger charge is -1.97. The Morgan fingerprint density at radius 1 is 1.00 bits per heavy atom. The Morgan fingerprint density at radius 2 is 1.76 bits per heavy atom. The Bertz CT molecular complexity index is 772. The number of rotatable bonds is 3. The van der Waals surface area contributed by atoms with Crippen molar-refractivity contribution in [3.63, 3.8) is 0 Å². The standard InChI is InChI=1S/C18H14ClNS/c1-13-4-2-3-5-14(13)8-11-18-20-17(12-21-18)15-6-9-16(19)10-7-15/h2-12H,1H3/b11-8+. The minimum Gasteiger partial charge on any atom is -0.237 e. The molecule has 0 spiro atoms. The molecule has 3 aromatic rings. The molecule has 1 aromatic heterocycles. The predicted molar refractivity (Wildman–Crippen MR) is 92.7 cm³/mol. The van der Waals surface area contributed by atoms with Gasteiger partial charge in [0.1, 0.15) is 5.01 Å². The van der Waals surface area contributed by atoms with Crippen molar-refractivity contribution >= 4 is 35.1 Å². The first-order valence-electron chi connectivity index (χ1n) is 6.67. The van der Waals surface area contributed by atoms with Crippen LogP contribution in [0.15, 0.2) is 53.9 Å². The van der Waals surface area contributed by atoms with E-state index in [1.807, 2.05) is 30.3 Å². The van der Waals surface area contributed by atoms with Gasteiger partial charge >= 0.3 is 0 Å². The third kappa shape index (κ3) is 3.41. The van der Waals surface area contributed by atoms with Crippen molar-refractivity contribution < 1.29 is 0 Å². The second kappa shape index (κ2) is 6.25. The summed E-state index contributed by atoms with van der Waals surface area (Å²) in [6.07, 6.45) is 4.17. The number of hydrogen-bond acceptors (Lipinski definition) is 2. The zero-order valence-corrected chi connectivity index (χ0v) is 13.2. The lowest BCUT2D eigenvalue weighted by atomic mass is 10.1. The van der Waals surface area contributed by atoms with Crippen LogP contribution in [-0.2, 0) is 0 Å². The van der Waals surface area contributed by atoms with E-state index in [4.69, 9.17) is 11.6 Å². The molecule has 3 heteroatoms. The fraction of sp³-hybridized carbons (Fsp3) is 0.0556. The van der Waals surface area contributed by atoms with Crippen molar-refractivity contribution in [3.8, 4) is 11.3 Å². The number of aromatic nitrogens is 1. The van der Waals surface area contributed by atoms with Gasteiger partial charge in [0.2, 0.25) is 0 Å². The maximum atomic E-state index is 5.91. The summed E-state index contributed by atoms with van der Waals surface area (Å²) < 4.78 is 0. The van der Waals surface area contributed by atoms with Gasteiger partial charge in [-0.25, -0.2) is 4.98 Å². The first kappa shape index (κ1) is 14.1. The van der Waals surface area contributed by atoms with Gasteiger partial charge in [-0.15, -0.1) is 11.3 Å². The van der Waals surface area contributed by atoms with Crippen LogP contribution in [0.25, 0.3) is 23.4 Å². The molecule has 21 heavy (non-hydrogen) atoms. The van der Waals surface area contributed by atoms with Crippen LogP contribution in [0, 0.1) is 6.92 Å². The molecule has 0 saturated heterocycles. The van der Waals surface area contributed by atoms with Crippen molar-refractivity contribution in [3.05, 3.63) is 75.1 Å². The quantitative estimate of drug-likeness (QED) is 0.583. The molecule has 0 radical (unpaired) electrons. The van der Waals surface area contributed by atoms with Crippen molar-refractivity contribution in [2.45, 2.75) is 6.92 Å². The third-order valence-electron chi connectivity index (χ3n) is 3.26. The Morgan fingerprint density at radius 3 is 2.52 bits per heavy atom. The second-order valence-electron chi connectivity index (χ2n) is 4.77. The Hall–Kier alpha value is -1.90. The van der Waals surface area contributed by atoms with Gasteiger partial charge in [-0.2, -0.15) is 0 Å². The Kier molecular flexibility index (Phi) is 4.18. The lowest BCUT2D eigenvalue weighted by Crippen LogP contribution is -1.79. The summed E-state index contributed by atoms with van der Waals surface area (Å²) in [7, 11) is 0. The van der Waals surface area contributed by atoms with Crippen molar-refractivity contribution in [2.24, 2.45) is 0 Å². The van der Waals surface area contributed by atoms with Crippen LogP contribution in [0.3, 0.4) is 0 Å². The monoisotopic (exact) mass is 311 g/mol. The average molecular weight is 312 g/mol. The van der Waals surface area contributed by atoms with Crippen LogP contribution in [-0.4, -0.2) is 4.98 Å². The van der Waals surface area contributed by atoms with Crippen LogP contribution in [0.1, 0.15) is 16.1 Å². The van der Waals surface area contributed by atoms with E-state index in [0.717, 1.165) is 21.3 Å². The molecule has 1 heterocycles. The van der Waals surface area contributed by atoms with Gasteiger partial charge < -0.3 is 0 Å². The summed E-state index contributed by atoms with van der Waals surface area (Å²) in [5, 5.41) is 3.82. The van der Waals surface area contributed by atoms with Gasteiger partial charge in [-0.1, -0.05) is 54.1 Å². The topological polar surface area (TPSA) is 12.9 Å². The third-order valence-corrected chi connectivity index (χ3v) is 4.32. The zero-order chi connectivity index (χ0) is 14.7. The molecule has 0 fully saturated rings. The van der Waals surface area contributed by atoms with Crippen molar-refractivity contribution in [2.75, 3.05) is 0 Å². The maximum Gasteiger partial charge on any atom is 0.116 e. The summed E-state index contributed by atoms with van der Waals surface area (Å²) in [6, 6.07) is 16.1. The minimum absolute atomic E-state index is 0.744. The number of nitrogens with zero attached hydrogens (tertiary/aromatic N) is 1. The van der Waals surface area contributed by atoms with Crippen LogP contribution in [0.2, 0.25) is 5.02 Å². The van der Waals surface area contributed by atoms with E-state index >= 15 is 0 Å². The predicted octanol–water partition coefficient (Wildman–Crippen LogP) is 5.94. The SMILES string of the molecule is Cc1ccccc1/C=C/c1nc(-c2ccc(Cl)cc2)cs1. The molecule has 0 N–H and O–H groups in total.